The zero-order chi connectivity index (χ0) is 15.6. The Bertz CT molecular complexity index is 664. The van der Waals surface area contributed by atoms with Crippen LogP contribution < -0.4 is 15.8 Å². The minimum atomic E-state index is -0.683. The number of hydrogen-bond donors (Lipinski definition) is 2. The zero-order valence-electron chi connectivity index (χ0n) is 13.0. The van der Waals surface area contributed by atoms with E-state index >= 15 is 0 Å². The highest BCUT2D eigenvalue weighted by molar-refractivity contribution is 5.98. The molecule has 23 heavy (non-hydrogen) atoms. The normalized spacial score (nSPS) is 15.0. The molecule has 2 aromatic carbocycles. The molecule has 2 aromatic rings. The maximum Gasteiger partial charge on any atom is 0.244 e. The molecule has 0 atom stereocenters. The van der Waals surface area contributed by atoms with Crippen molar-refractivity contribution in [2.24, 2.45) is 5.73 Å². The minimum absolute atomic E-state index is 0. The average Bonchev–Trinajstić information content (AvgIpc) is 2.49. The number of nitrogens with one attached hydrogen (secondary N) is 1. The SMILES string of the molecule is Cc1ccc(Oc2ccc(NC(=O)C3(N)CCC3)cc2)cc1.Cl. The Hall–Kier alpha value is -2.04. The fourth-order valence-corrected chi connectivity index (χ4v) is 2.39. The molecular formula is C18H21ClN2O2. The minimum Gasteiger partial charge on any atom is -0.457 e. The van der Waals surface area contributed by atoms with Crippen LogP contribution >= 0.6 is 12.4 Å². The number of nitrogens with two attached hydrogens (primary N) is 1. The molecule has 0 unspecified atom stereocenters. The fraction of sp³-hybridized carbons (Fsp3) is 0.278. The van der Waals surface area contributed by atoms with E-state index < -0.39 is 5.54 Å². The Labute approximate surface area is 142 Å². The number of hydrogen-bond acceptors (Lipinski definition) is 3. The number of carbonyl (C=O) groups excluding carboxylic acids is 1. The van der Waals surface area contributed by atoms with Crippen molar-refractivity contribution < 1.29 is 9.53 Å². The molecule has 0 bridgehead atoms. The van der Waals surface area contributed by atoms with Crippen molar-refractivity contribution in [3.05, 3.63) is 54.1 Å². The molecule has 0 spiro atoms. The van der Waals surface area contributed by atoms with Crippen LogP contribution in [0.3, 0.4) is 0 Å². The molecule has 1 fully saturated rings. The van der Waals surface area contributed by atoms with Crippen LogP contribution in [0.1, 0.15) is 24.8 Å². The van der Waals surface area contributed by atoms with Gasteiger partial charge in [-0.05, 0) is 62.6 Å². The van der Waals surface area contributed by atoms with Crippen molar-refractivity contribution in [3.8, 4) is 11.5 Å². The van der Waals surface area contributed by atoms with Gasteiger partial charge >= 0.3 is 0 Å². The molecular weight excluding hydrogens is 312 g/mol. The third kappa shape index (κ3) is 4.03. The van der Waals surface area contributed by atoms with Crippen molar-refractivity contribution in [2.75, 3.05) is 5.32 Å². The van der Waals surface area contributed by atoms with Crippen LogP contribution in [0.15, 0.2) is 48.5 Å². The number of halogens is 1. The second-order valence-corrected chi connectivity index (χ2v) is 5.90. The van der Waals surface area contributed by atoms with Crippen molar-refractivity contribution in [2.45, 2.75) is 31.7 Å². The van der Waals surface area contributed by atoms with Gasteiger partial charge in [-0.25, -0.2) is 0 Å². The van der Waals surface area contributed by atoms with Gasteiger partial charge in [-0.2, -0.15) is 0 Å². The first-order valence-corrected chi connectivity index (χ1v) is 7.50. The van der Waals surface area contributed by atoms with Gasteiger partial charge in [0.05, 0.1) is 5.54 Å². The van der Waals surface area contributed by atoms with E-state index in [9.17, 15) is 4.79 Å². The second kappa shape index (κ2) is 7.02. The van der Waals surface area contributed by atoms with Gasteiger partial charge < -0.3 is 15.8 Å². The van der Waals surface area contributed by atoms with E-state index in [1.54, 1.807) is 0 Å². The average molecular weight is 333 g/mol. The highest BCUT2D eigenvalue weighted by Crippen LogP contribution is 2.30. The molecule has 0 saturated heterocycles. The van der Waals surface area contributed by atoms with Crippen molar-refractivity contribution in [3.63, 3.8) is 0 Å². The van der Waals surface area contributed by atoms with Crippen LogP contribution in [0.2, 0.25) is 0 Å². The van der Waals surface area contributed by atoms with Crippen LogP contribution in [0, 0.1) is 6.92 Å². The lowest BCUT2D eigenvalue weighted by atomic mass is 9.77. The highest BCUT2D eigenvalue weighted by Gasteiger charge is 2.40. The fourth-order valence-electron chi connectivity index (χ4n) is 2.39. The first-order chi connectivity index (χ1) is 10.5. The number of ether oxygens (including phenoxy) is 1. The van der Waals surface area contributed by atoms with E-state index in [2.05, 4.69) is 5.32 Å². The molecule has 5 heteroatoms. The van der Waals surface area contributed by atoms with E-state index in [1.165, 1.54) is 5.56 Å². The molecule has 0 radical (unpaired) electrons. The molecule has 3 N–H and O–H groups in total. The van der Waals surface area contributed by atoms with E-state index in [0.29, 0.717) is 0 Å². The molecule has 4 nitrogen and oxygen atoms in total. The number of anilines is 1. The summed E-state index contributed by atoms with van der Waals surface area (Å²) in [7, 11) is 0. The van der Waals surface area contributed by atoms with Crippen LogP contribution in [0.4, 0.5) is 5.69 Å². The van der Waals surface area contributed by atoms with Crippen molar-refractivity contribution in [1.82, 2.24) is 0 Å². The van der Waals surface area contributed by atoms with Crippen molar-refractivity contribution >= 4 is 24.0 Å². The Morgan fingerprint density at radius 3 is 2.04 bits per heavy atom. The maximum absolute atomic E-state index is 12.1. The summed E-state index contributed by atoms with van der Waals surface area (Å²) in [6.07, 6.45) is 2.54. The van der Waals surface area contributed by atoms with E-state index in [-0.39, 0.29) is 18.3 Å². The summed E-state index contributed by atoms with van der Waals surface area (Å²) in [5, 5.41) is 2.86. The van der Waals surface area contributed by atoms with Gasteiger partial charge in [0.2, 0.25) is 5.91 Å². The number of aryl methyl sites for hydroxylation is 1. The van der Waals surface area contributed by atoms with Crippen LogP contribution in [-0.2, 0) is 4.79 Å². The van der Waals surface area contributed by atoms with Crippen molar-refractivity contribution in [1.29, 1.82) is 0 Å². The molecule has 1 amide bonds. The van der Waals surface area contributed by atoms with E-state index in [1.807, 2.05) is 55.5 Å². The Kier molecular flexibility index (Phi) is 5.29. The van der Waals surface area contributed by atoms with Gasteiger partial charge in [-0.1, -0.05) is 17.7 Å². The Morgan fingerprint density at radius 2 is 1.57 bits per heavy atom. The lowest BCUT2D eigenvalue weighted by Gasteiger charge is -2.36. The second-order valence-electron chi connectivity index (χ2n) is 5.90. The zero-order valence-corrected chi connectivity index (χ0v) is 13.9. The summed E-state index contributed by atoms with van der Waals surface area (Å²) in [5.41, 5.74) is 7.24. The summed E-state index contributed by atoms with van der Waals surface area (Å²) >= 11 is 0. The van der Waals surface area contributed by atoms with Gasteiger partial charge in [0.15, 0.2) is 0 Å². The lowest BCUT2D eigenvalue weighted by Crippen LogP contribution is -2.56. The third-order valence-corrected chi connectivity index (χ3v) is 4.07. The molecule has 0 aliphatic heterocycles. The molecule has 122 valence electrons. The van der Waals surface area contributed by atoms with E-state index in [4.69, 9.17) is 10.5 Å². The third-order valence-electron chi connectivity index (χ3n) is 4.07. The summed E-state index contributed by atoms with van der Waals surface area (Å²) in [6.45, 7) is 2.04. The molecule has 0 heterocycles. The summed E-state index contributed by atoms with van der Waals surface area (Å²) in [5.74, 6) is 1.41. The maximum atomic E-state index is 12.1. The molecule has 1 saturated carbocycles. The van der Waals surface area contributed by atoms with Gasteiger partial charge in [0.25, 0.3) is 0 Å². The van der Waals surface area contributed by atoms with E-state index in [0.717, 1.165) is 36.4 Å². The molecule has 1 aliphatic carbocycles. The Morgan fingerprint density at radius 1 is 1.04 bits per heavy atom. The summed E-state index contributed by atoms with van der Waals surface area (Å²) < 4.78 is 5.76. The smallest absolute Gasteiger partial charge is 0.244 e. The summed E-state index contributed by atoms with van der Waals surface area (Å²) in [6, 6.07) is 15.2. The molecule has 0 aromatic heterocycles. The molecule has 1 aliphatic rings. The number of amides is 1. The van der Waals surface area contributed by atoms with Gasteiger partial charge in [0.1, 0.15) is 11.5 Å². The van der Waals surface area contributed by atoms with Gasteiger partial charge in [-0.15, -0.1) is 12.4 Å². The number of benzene rings is 2. The van der Waals surface area contributed by atoms with Crippen LogP contribution in [0.5, 0.6) is 11.5 Å². The van der Waals surface area contributed by atoms with Crippen LogP contribution in [-0.4, -0.2) is 11.4 Å². The largest absolute Gasteiger partial charge is 0.457 e. The lowest BCUT2D eigenvalue weighted by molar-refractivity contribution is -0.123. The molecule has 3 rings (SSSR count). The quantitative estimate of drug-likeness (QED) is 0.888. The van der Waals surface area contributed by atoms with Crippen LogP contribution in [0.25, 0.3) is 0 Å². The summed E-state index contributed by atoms with van der Waals surface area (Å²) in [4.78, 5) is 12.1. The van der Waals surface area contributed by atoms with Gasteiger partial charge in [0, 0.05) is 5.69 Å². The topological polar surface area (TPSA) is 64.3 Å². The monoisotopic (exact) mass is 332 g/mol. The first kappa shape index (κ1) is 17.3. The number of rotatable bonds is 4. The first-order valence-electron chi connectivity index (χ1n) is 7.50. The predicted molar refractivity (Wildman–Crippen MR) is 94.3 cm³/mol. The Balaban J connectivity index is 0.00000192. The van der Waals surface area contributed by atoms with Gasteiger partial charge in [-0.3, -0.25) is 4.79 Å². The standard InChI is InChI=1S/C18H20N2O2.ClH/c1-13-3-7-15(8-4-13)22-16-9-5-14(6-10-16)20-17(21)18(19)11-2-12-18;/h3-10H,2,11-12,19H2,1H3,(H,20,21);1H. The number of carbonyl (C=O) groups is 1. The predicted octanol–water partition coefficient (Wildman–Crippen LogP) is 4.03. The highest BCUT2D eigenvalue weighted by atomic mass is 35.5.